The molecule has 1 heterocycles. The molecule has 0 aliphatic rings. The Hall–Kier alpha value is -1.72. The lowest BCUT2D eigenvalue weighted by atomic mass is 10.2. The summed E-state index contributed by atoms with van der Waals surface area (Å²) < 4.78 is 6.09. The van der Waals surface area contributed by atoms with Gasteiger partial charge >= 0.3 is 5.97 Å². The smallest absolute Gasteiger partial charge is 0.360 e. The van der Waals surface area contributed by atoms with Crippen molar-refractivity contribution in [3.05, 3.63) is 45.7 Å². The lowest BCUT2D eigenvalue weighted by Gasteiger charge is -2.05. The maximum atomic E-state index is 11.4. The highest BCUT2D eigenvalue weighted by molar-refractivity contribution is 6.42. The van der Waals surface area contributed by atoms with Crippen molar-refractivity contribution < 1.29 is 9.53 Å². The Morgan fingerprint density at radius 1 is 1.47 bits per heavy atom. The largest absolute Gasteiger partial charge is 0.464 e. The minimum Gasteiger partial charge on any atom is -0.464 e. The van der Waals surface area contributed by atoms with Crippen LogP contribution < -0.4 is 5.73 Å². The predicted molar refractivity (Wildman–Crippen MR) is 73.5 cm³/mol. The van der Waals surface area contributed by atoms with E-state index in [1.165, 1.54) is 11.8 Å². The van der Waals surface area contributed by atoms with E-state index in [4.69, 9.17) is 28.9 Å². The molecule has 100 valence electrons. The van der Waals surface area contributed by atoms with Crippen LogP contribution >= 0.6 is 23.2 Å². The molecule has 2 rings (SSSR count). The number of halogens is 2. The minimum atomic E-state index is -0.576. The van der Waals surface area contributed by atoms with Gasteiger partial charge in [-0.3, -0.25) is 4.68 Å². The van der Waals surface area contributed by atoms with E-state index in [9.17, 15) is 4.79 Å². The van der Waals surface area contributed by atoms with Crippen LogP contribution in [0.1, 0.15) is 16.1 Å². The molecule has 19 heavy (non-hydrogen) atoms. The molecule has 0 aliphatic carbocycles. The Bertz CT molecular complexity index is 625. The van der Waals surface area contributed by atoms with Crippen LogP contribution in [0.25, 0.3) is 0 Å². The van der Waals surface area contributed by atoms with Crippen molar-refractivity contribution in [1.29, 1.82) is 0 Å². The number of anilines is 1. The van der Waals surface area contributed by atoms with E-state index < -0.39 is 5.97 Å². The van der Waals surface area contributed by atoms with Crippen molar-refractivity contribution in [2.24, 2.45) is 0 Å². The second-order valence-corrected chi connectivity index (χ2v) is 4.62. The maximum absolute atomic E-state index is 11.4. The van der Waals surface area contributed by atoms with Crippen LogP contribution in [0, 0.1) is 0 Å². The summed E-state index contributed by atoms with van der Waals surface area (Å²) in [5.41, 5.74) is 6.82. The first-order valence-electron chi connectivity index (χ1n) is 5.37. The number of esters is 1. The molecule has 0 atom stereocenters. The van der Waals surface area contributed by atoms with Crippen LogP contribution in [-0.2, 0) is 11.3 Å². The molecule has 0 saturated heterocycles. The minimum absolute atomic E-state index is 0.0839. The zero-order chi connectivity index (χ0) is 14.0. The van der Waals surface area contributed by atoms with Crippen molar-refractivity contribution in [2.75, 3.05) is 12.8 Å². The Balaban J connectivity index is 2.29. The Morgan fingerprint density at radius 2 is 2.21 bits per heavy atom. The van der Waals surface area contributed by atoms with Gasteiger partial charge in [0, 0.05) is 6.20 Å². The van der Waals surface area contributed by atoms with Crippen molar-refractivity contribution in [1.82, 2.24) is 9.78 Å². The summed E-state index contributed by atoms with van der Waals surface area (Å²) in [7, 11) is 1.27. The van der Waals surface area contributed by atoms with Crippen LogP contribution in [0.2, 0.25) is 10.0 Å². The summed E-state index contributed by atoms with van der Waals surface area (Å²) in [5.74, 6) is -0.576. The molecule has 2 N–H and O–H groups in total. The number of nitrogen functional groups attached to an aromatic ring is 1. The molecule has 7 heteroatoms. The molecular weight excluding hydrogens is 289 g/mol. The van der Waals surface area contributed by atoms with E-state index >= 15 is 0 Å². The summed E-state index contributed by atoms with van der Waals surface area (Å²) in [6.07, 6.45) is 1.55. The van der Waals surface area contributed by atoms with E-state index in [-0.39, 0.29) is 11.4 Å². The van der Waals surface area contributed by atoms with Gasteiger partial charge in [0.2, 0.25) is 0 Å². The van der Waals surface area contributed by atoms with Gasteiger partial charge in [0.15, 0.2) is 5.69 Å². The molecule has 2 aromatic rings. The van der Waals surface area contributed by atoms with Gasteiger partial charge in [-0.1, -0.05) is 35.3 Å². The van der Waals surface area contributed by atoms with Gasteiger partial charge < -0.3 is 10.5 Å². The van der Waals surface area contributed by atoms with Crippen LogP contribution in [0.15, 0.2) is 24.4 Å². The number of carbonyl (C=O) groups excluding carboxylic acids is 1. The normalized spacial score (nSPS) is 10.5. The van der Waals surface area contributed by atoms with Gasteiger partial charge in [-0.2, -0.15) is 5.10 Å². The molecule has 1 aromatic heterocycles. The summed E-state index contributed by atoms with van der Waals surface area (Å²) in [5, 5.41) is 4.98. The molecule has 0 amide bonds. The Kier molecular flexibility index (Phi) is 3.97. The third-order valence-corrected chi connectivity index (χ3v) is 3.39. The highest BCUT2D eigenvalue weighted by atomic mass is 35.5. The molecule has 0 bridgehead atoms. The van der Waals surface area contributed by atoms with Crippen LogP contribution in [0.4, 0.5) is 5.69 Å². The number of benzene rings is 1. The SMILES string of the molecule is COC(=O)c1nn(Cc2cccc(Cl)c2Cl)cc1N. The third-order valence-electron chi connectivity index (χ3n) is 2.53. The zero-order valence-corrected chi connectivity index (χ0v) is 11.6. The Morgan fingerprint density at radius 3 is 2.89 bits per heavy atom. The van der Waals surface area contributed by atoms with Gasteiger partial charge in [-0.05, 0) is 11.6 Å². The fourth-order valence-electron chi connectivity index (χ4n) is 1.62. The average Bonchev–Trinajstić information content (AvgIpc) is 2.75. The van der Waals surface area contributed by atoms with Crippen molar-refractivity contribution in [3.63, 3.8) is 0 Å². The lowest BCUT2D eigenvalue weighted by molar-refractivity contribution is 0.0594. The number of carbonyl (C=O) groups is 1. The van der Waals surface area contributed by atoms with Crippen molar-refractivity contribution >= 4 is 34.9 Å². The molecular formula is C12H11Cl2N3O2. The maximum Gasteiger partial charge on any atom is 0.360 e. The van der Waals surface area contributed by atoms with Gasteiger partial charge in [-0.25, -0.2) is 4.79 Å². The van der Waals surface area contributed by atoms with E-state index in [1.54, 1.807) is 18.3 Å². The number of nitrogens with zero attached hydrogens (tertiary/aromatic N) is 2. The number of aromatic nitrogens is 2. The first kappa shape index (κ1) is 13.7. The van der Waals surface area contributed by atoms with E-state index in [0.29, 0.717) is 16.6 Å². The summed E-state index contributed by atoms with van der Waals surface area (Å²) in [6.45, 7) is 0.362. The molecule has 0 radical (unpaired) electrons. The number of methoxy groups -OCH3 is 1. The summed E-state index contributed by atoms with van der Waals surface area (Å²) in [6, 6.07) is 5.31. The summed E-state index contributed by atoms with van der Waals surface area (Å²) >= 11 is 12.0. The van der Waals surface area contributed by atoms with Gasteiger partial charge in [0.25, 0.3) is 0 Å². The van der Waals surface area contributed by atoms with Crippen LogP contribution in [0.3, 0.4) is 0 Å². The van der Waals surface area contributed by atoms with Crippen LogP contribution in [0.5, 0.6) is 0 Å². The first-order valence-corrected chi connectivity index (χ1v) is 6.12. The highest BCUT2D eigenvalue weighted by Crippen LogP contribution is 2.26. The molecule has 0 aliphatic heterocycles. The van der Waals surface area contributed by atoms with E-state index in [0.717, 1.165) is 5.56 Å². The fourth-order valence-corrected chi connectivity index (χ4v) is 2.00. The number of nitrogens with two attached hydrogens (primary N) is 1. The predicted octanol–water partition coefficient (Wildman–Crippen LogP) is 2.61. The van der Waals surface area contributed by atoms with E-state index in [1.807, 2.05) is 6.07 Å². The van der Waals surface area contributed by atoms with E-state index in [2.05, 4.69) is 9.84 Å². The molecule has 5 nitrogen and oxygen atoms in total. The topological polar surface area (TPSA) is 70.1 Å². The molecule has 0 spiro atoms. The van der Waals surface area contributed by atoms with Gasteiger partial charge in [0.1, 0.15) is 0 Å². The lowest BCUT2D eigenvalue weighted by Crippen LogP contribution is -2.07. The molecule has 1 aromatic carbocycles. The zero-order valence-electron chi connectivity index (χ0n) is 10.1. The number of ether oxygens (including phenoxy) is 1. The van der Waals surface area contributed by atoms with Gasteiger partial charge in [-0.15, -0.1) is 0 Å². The number of hydrogen-bond acceptors (Lipinski definition) is 4. The molecule has 0 unspecified atom stereocenters. The summed E-state index contributed by atoms with van der Waals surface area (Å²) in [4.78, 5) is 11.4. The quantitative estimate of drug-likeness (QED) is 0.885. The monoisotopic (exact) mass is 299 g/mol. The Labute approximate surface area is 119 Å². The first-order chi connectivity index (χ1) is 9.02. The van der Waals surface area contributed by atoms with Crippen molar-refractivity contribution in [2.45, 2.75) is 6.54 Å². The highest BCUT2D eigenvalue weighted by Gasteiger charge is 2.15. The fraction of sp³-hybridized carbons (Fsp3) is 0.167. The second kappa shape index (κ2) is 5.50. The molecule has 0 fully saturated rings. The number of hydrogen-bond donors (Lipinski definition) is 1. The van der Waals surface area contributed by atoms with Crippen LogP contribution in [-0.4, -0.2) is 22.9 Å². The standard InChI is InChI=1S/C12H11Cl2N3O2/c1-19-12(18)11-9(15)6-17(16-11)5-7-3-2-4-8(13)10(7)14/h2-4,6H,5,15H2,1H3. The third kappa shape index (κ3) is 2.83. The van der Waals surface area contributed by atoms with Gasteiger partial charge in [0.05, 0.1) is 29.4 Å². The number of rotatable bonds is 3. The van der Waals surface area contributed by atoms with Crippen molar-refractivity contribution in [3.8, 4) is 0 Å². The molecule has 0 saturated carbocycles. The average molecular weight is 300 g/mol. The second-order valence-electron chi connectivity index (χ2n) is 3.84.